The van der Waals surface area contributed by atoms with E-state index in [1.807, 2.05) is 0 Å². The first-order chi connectivity index (χ1) is 7.21. The molecule has 0 bridgehead atoms. The number of amides is 1. The average Bonchev–Trinajstić information content (AvgIpc) is 2.72. The van der Waals surface area contributed by atoms with Crippen LogP contribution in [-0.4, -0.2) is 30.3 Å². The van der Waals surface area contributed by atoms with Gasteiger partial charge in [0.2, 0.25) is 0 Å². The van der Waals surface area contributed by atoms with Crippen LogP contribution in [0.3, 0.4) is 0 Å². The minimum atomic E-state index is -1.07. The Morgan fingerprint density at radius 3 is 2.25 bits per heavy atom. The SMILES string of the molecule is C=C1CC1(NC(=O)OC(C)(C)C)C(=O)OC. The van der Waals surface area contributed by atoms with Gasteiger partial charge in [-0.3, -0.25) is 0 Å². The van der Waals surface area contributed by atoms with Crippen LogP contribution in [0.2, 0.25) is 0 Å². The standard InChI is InChI=1S/C11H17NO4/c1-7-6-11(7,8(13)15-5)12-9(14)16-10(2,3)4/h1,6H2,2-5H3,(H,12,14). The third kappa shape index (κ3) is 2.53. The monoisotopic (exact) mass is 227 g/mol. The number of hydrogen-bond acceptors (Lipinski definition) is 4. The van der Waals surface area contributed by atoms with E-state index in [4.69, 9.17) is 4.74 Å². The molecule has 1 N–H and O–H groups in total. The van der Waals surface area contributed by atoms with E-state index < -0.39 is 23.2 Å². The van der Waals surface area contributed by atoms with Crippen molar-refractivity contribution in [3.63, 3.8) is 0 Å². The van der Waals surface area contributed by atoms with Crippen molar-refractivity contribution in [3.8, 4) is 0 Å². The summed E-state index contributed by atoms with van der Waals surface area (Å²) in [6.45, 7) is 8.92. The number of alkyl carbamates (subject to hydrolysis) is 1. The van der Waals surface area contributed by atoms with Gasteiger partial charge in [0, 0.05) is 6.42 Å². The Balaban J connectivity index is 2.63. The van der Waals surface area contributed by atoms with E-state index in [0.717, 1.165) is 0 Å². The van der Waals surface area contributed by atoms with E-state index in [9.17, 15) is 9.59 Å². The molecule has 0 saturated heterocycles. The predicted molar refractivity (Wildman–Crippen MR) is 57.9 cm³/mol. The highest BCUT2D eigenvalue weighted by molar-refractivity contribution is 5.94. The number of rotatable bonds is 2. The summed E-state index contributed by atoms with van der Waals surface area (Å²) in [6, 6.07) is 0. The number of carbonyl (C=O) groups excluding carboxylic acids is 2. The first-order valence-electron chi connectivity index (χ1n) is 4.99. The molecule has 0 aromatic heterocycles. The van der Waals surface area contributed by atoms with Crippen LogP contribution in [0.1, 0.15) is 27.2 Å². The fourth-order valence-corrected chi connectivity index (χ4v) is 1.33. The summed E-state index contributed by atoms with van der Waals surface area (Å²) in [5, 5.41) is 2.49. The fraction of sp³-hybridized carbons (Fsp3) is 0.636. The molecule has 16 heavy (non-hydrogen) atoms. The smallest absolute Gasteiger partial charge is 0.408 e. The summed E-state index contributed by atoms with van der Waals surface area (Å²) < 4.78 is 9.67. The van der Waals surface area contributed by atoms with E-state index in [1.54, 1.807) is 20.8 Å². The van der Waals surface area contributed by atoms with Gasteiger partial charge in [-0.25, -0.2) is 9.59 Å². The van der Waals surface area contributed by atoms with Crippen molar-refractivity contribution < 1.29 is 19.1 Å². The van der Waals surface area contributed by atoms with Gasteiger partial charge in [0.1, 0.15) is 5.60 Å². The van der Waals surface area contributed by atoms with Crippen molar-refractivity contribution in [2.24, 2.45) is 0 Å². The molecule has 5 heteroatoms. The molecule has 1 fully saturated rings. The number of ether oxygens (including phenoxy) is 2. The maximum Gasteiger partial charge on any atom is 0.408 e. The number of carbonyl (C=O) groups is 2. The molecule has 0 aromatic carbocycles. The molecular weight excluding hydrogens is 210 g/mol. The van der Waals surface area contributed by atoms with Crippen LogP contribution >= 0.6 is 0 Å². The minimum absolute atomic E-state index is 0.402. The van der Waals surface area contributed by atoms with E-state index >= 15 is 0 Å². The van der Waals surface area contributed by atoms with Crippen LogP contribution in [0.25, 0.3) is 0 Å². The third-order valence-electron chi connectivity index (χ3n) is 2.21. The lowest BCUT2D eigenvalue weighted by atomic mass is 10.2. The summed E-state index contributed by atoms with van der Waals surface area (Å²) in [7, 11) is 1.27. The van der Waals surface area contributed by atoms with Crippen LogP contribution in [-0.2, 0) is 14.3 Å². The number of methoxy groups -OCH3 is 1. The first kappa shape index (κ1) is 12.5. The molecule has 0 aromatic rings. The zero-order valence-electron chi connectivity index (χ0n) is 10.0. The zero-order valence-corrected chi connectivity index (χ0v) is 10.0. The molecule has 0 aliphatic heterocycles. The van der Waals surface area contributed by atoms with Gasteiger partial charge < -0.3 is 14.8 Å². The highest BCUT2D eigenvalue weighted by atomic mass is 16.6. The lowest BCUT2D eigenvalue weighted by Gasteiger charge is -2.22. The third-order valence-corrected chi connectivity index (χ3v) is 2.21. The summed E-state index contributed by atoms with van der Waals surface area (Å²) in [5.41, 5.74) is -1.04. The second-order valence-corrected chi connectivity index (χ2v) is 4.80. The molecule has 0 radical (unpaired) electrons. The van der Waals surface area contributed by atoms with Gasteiger partial charge in [-0.05, 0) is 26.3 Å². The van der Waals surface area contributed by atoms with Gasteiger partial charge in [0.05, 0.1) is 7.11 Å². The van der Waals surface area contributed by atoms with Crippen molar-refractivity contribution in [3.05, 3.63) is 12.2 Å². The second kappa shape index (κ2) is 3.81. The van der Waals surface area contributed by atoms with Crippen LogP contribution < -0.4 is 5.32 Å². The van der Waals surface area contributed by atoms with Crippen LogP contribution in [0.4, 0.5) is 4.79 Å². The Labute approximate surface area is 94.8 Å². The van der Waals surface area contributed by atoms with Crippen molar-refractivity contribution in [2.45, 2.75) is 38.3 Å². The molecule has 1 amide bonds. The molecule has 1 atom stereocenters. The van der Waals surface area contributed by atoms with Crippen LogP contribution in [0, 0.1) is 0 Å². The maximum absolute atomic E-state index is 11.5. The van der Waals surface area contributed by atoms with Gasteiger partial charge in [-0.1, -0.05) is 6.58 Å². The normalized spacial score (nSPS) is 23.6. The Hall–Kier alpha value is -1.52. The zero-order chi connectivity index (χ0) is 12.6. The van der Waals surface area contributed by atoms with Gasteiger partial charge in [0.25, 0.3) is 0 Å². The van der Waals surface area contributed by atoms with Crippen LogP contribution in [0.15, 0.2) is 12.2 Å². The van der Waals surface area contributed by atoms with E-state index in [-0.39, 0.29) is 0 Å². The minimum Gasteiger partial charge on any atom is -0.467 e. The van der Waals surface area contributed by atoms with Crippen molar-refractivity contribution in [2.75, 3.05) is 7.11 Å². The molecular formula is C11H17NO4. The van der Waals surface area contributed by atoms with Gasteiger partial charge in [0.15, 0.2) is 5.54 Å². The quantitative estimate of drug-likeness (QED) is 0.571. The first-order valence-corrected chi connectivity index (χ1v) is 4.99. The Morgan fingerprint density at radius 1 is 1.44 bits per heavy atom. The number of hydrogen-bond donors (Lipinski definition) is 1. The summed E-state index contributed by atoms with van der Waals surface area (Å²) in [5.74, 6) is -0.511. The predicted octanol–water partition coefficient (Wildman–Crippen LogP) is 1.38. The molecule has 1 aliphatic rings. The largest absolute Gasteiger partial charge is 0.467 e. The lowest BCUT2D eigenvalue weighted by molar-refractivity contribution is -0.143. The number of esters is 1. The highest BCUT2D eigenvalue weighted by Gasteiger charge is 2.57. The average molecular weight is 227 g/mol. The lowest BCUT2D eigenvalue weighted by Crippen LogP contribution is -2.46. The van der Waals surface area contributed by atoms with Crippen molar-refractivity contribution in [1.29, 1.82) is 0 Å². The summed E-state index contributed by atoms with van der Waals surface area (Å²) in [6.07, 6.45) is -0.240. The molecule has 0 heterocycles. The molecule has 1 aliphatic carbocycles. The molecule has 1 unspecified atom stereocenters. The Morgan fingerprint density at radius 2 is 1.94 bits per heavy atom. The molecule has 0 spiro atoms. The molecule has 90 valence electrons. The van der Waals surface area contributed by atoms with E-state index in [0.29, 0.717) is 12.0 Å². The van der Waals surface area contributed by atoms with Gasteiger partial charge in [-0.15, -0.1) is 0 Å². The van der Waals surface area contributed by atoms with E-state index in [2.05, 4.69) is 16.6 Å². The van der Waals surface area contributed by atoms with E-state index in [1.165, 1.54) is 7.11 Å². The maximum atomic E-state index is 11.5. The topological polar surface area (TPSA) is 64.6 Å². The second-order valence-electron chi connectivity index (χ2n) is 4.80. The Kier molecular flexibility index (Phi) is 2.99. The number of nitrogens with one attached hydrogen (secondary N) is 1. The van der Waals surface area contributed by atoms with Gasteiger partial charge in [-0.2, -0.15) is 0 Å². The molecule has 5 nitrogen and oxygen atoms in total. The van der Waals surface area contributed by atoms with Crippen LogP contribution in [0.5, 0.6) is 0 Å². The highest BCUT2D eigenvalue weighted by Crippen LogP contribution is 2.42. The summed E-state index contributed by atoms with van der Waals surface area (Å²) >= 11 is 0. The van der Waals surface area contributed by atoms with Crippen molar-refractivity contribution >= 4 is 12.1 Å². The summed E-state index contributed by atoms with van der Waals surface area (Å²) in [4.78, 5) is 23.0. The fourth-order valence-electron chi connectivity index (χ4n) is 1.33. The van der Waals surface area contributed by atoms with Crippen molar-refractivity contribution in [1.82, 2.24) is 5.32 Å². The Bertz CT molecular complexity index is 342. The van der Waals surface area contributed by atoms with Gasteiger partial charge >= 0.3 is 12.1 Å². The molecule has 1 saturated carbocycles. The molecule has 1 rings (SSSR count).